The highest BCUT2D eigenvalue weighted by atomic mass is 35.5. The number of benzene rings is 2. The van der Waals surface area contributed by atoms with E-state index in [1.807, 2.05) is 0 Å². The van der Waals surface area contributed by atoms with Crippen molar-refractivity contribution in [1.82, 2.24) is 0 Å². The molecule has 0 saturated heterocycles. The van der Waals surface area contributed by atoms with Gasteiger partial charge in [0.15, 0.2) is 0 Å². The minimum Gasteiger partial charge on any atom is -0.480 e. The maximum Gasteiger partial charge on any atom is 0.326 e. The molecule has 150 valence electrons. The highest BCUT2D eigenvalue weighted by Gasteiger charge is 2.23. The molecular formula is C16H14Cl2FN3O6. The fourth-order valence-electron chi connectivity index (χ4n) is 2.01. The Morgan fingerprint density at radius 3 is 2.00 bits per heavy atom. The van der Waals surface area contributed by atoms with Crippen LogP contribution in [0, 0.1) is 26.0 Å². The molecule has 2 N–H and O–H groups in total. The van der Waals surface area contributed by atoms with Crippen molar-refractivity contribution in [1.29, 1.82) is 0 Å². The third-order valence-corrected chi connectivity index (χ3v) is 3.94. The van der Waals surface area contributed by atoms with Gasteiger partial charge >= 0.3 is 17.3 Å². The summed E-state index contributed by atoms with van der Waals surface area (Å²) in [6.07, 6.45) is 0.305. The van der Waals surface area contributed by atoms with Crippen LogP contribution in [0.1, 0.15) is 13.3 Å². The Bertz CT molecular complexity index is 876. The predicted octanol–water partition coefficient (Wildman–Crippen LogP) is 4.91. The van der Waals surface area contributed by atoms with Gasteiger partial charge in [-0.25, -0.2) is 4.79 Å². The van der Waals surface area contributed by atoms with Gasteiger partial charge in [0, 0.05) is 0 Å². The Balaban J connectivity index is 0.000000307. The first-order valence-electron chi connectivity index (χ1n) is 7.60. The third-order valence-electron chi connectivity index (χ3n) is 3.33. The molecule has 0 bridgehead atoms. The van der Waals surface area contributed by atoms with Gasteiger partial charge in [-0.1, -0.05) is 42.3 Å². The number of rotatable bonds is 6. The molecule has 0 aliphatic rings. The van der Waals surface area contributed by atoms with Crippen molar-refractivity contribution in [3.05, 3.63) is 72.5 Å². The third kappa shape index (κ3) is 6.03. The SMILES string of the molecule is CCC(Nc1cccc(Cl)c1[N+](=O)[O-])C(=O)O.O=[N+]([O-])c1c(F)cccc1Cl. The molecule has 0 spiro atoms. The van der Waals surface area contributed by atoms with Crippen LogP contribution in [0.25, 0.3) is 0 Å². The molecule has 0 saturated carbocycles. The van der Waals surface area contributed by atoms with Gasteiger partial charge in [0.2, 0.25) is 5.82 Å². The van der Waals surface area contributed by atoms with E-state index < -0.39 is 33.4 Å². The summed E-state index contributed by atoms with van der Waals surface area (Å²) in [5, 5.41) is 32.2. The van der Waals surface area contributed by atoms with Crippen LogP contribution in [-0.4, -0.2) is 27.0 Å². The minimum absolute atomic E-state index is 0.0276. The molecule has 0 amide bonds. The van der Waals surface area contributed by atoms with E-state index in [1.54, 1.807) is 6.92 Å². The number of anilines is 1. The number of aliphatic carboxylic acids is 1. The van der Waals surface area contributed by atoms with Crippen LogP contribution in [0.4, 0.5) is 21.5 Å². The number of carboxylic acids is 1. The molecule has 1 unspecified atom stereocenters. The van der Waals surface area contributed by atoms with E-state index in [0.29, 0.717) is 6.42 Å². The number of carbonyl (C=O) groups is 1. The second kappa shape index (κ2) is 10.4. The molecular weight excluding hydrogens is 420 g/mol. The monoisotopic (exact) mass is 433 g/mol. The van der Waals surface area contributed by atoms with Crippen molar-refractivity contribution >= 4 is 46.2 Å². The molecule has 0 radical (unpaired) electrons. The highest BCUT2D eigenvalue weighted by molar-refractivity contribution is 6.33. The Hall–Kier alpha value is -2.98. The average molecular weight is 434 g/mol. The predicted molar refractivity (Wildman–Crippen MR) is 102 cm³/mol. The van der Waals surface area contributed by atoms with Gasteiger partial charge in [0.25, 0.3) is 0 Å². The molecule has 2 aromatic rings. The number of nitro groups is 2. The number of hydrogen-bond acceptors (Lipinski definition) is 6. The molecule has 0 aromatic heterocycles. The summed E-state index contributed by atoms with van der Waals surface area (Å²) in [7, 11) is 0. The molecule has 1 atom stereocenters. The Labute approximate surface area is 168 Å². The van der Waals surface area contributed by atoms with Crippen molar-refractivity contribution in [3.8, 4) is 0 Å². The second-order valence-corrected chi connectivity index (χ2v) is 5.98. The van der Waals surface area contributed by atoms with E-state index in [0.717, 1.165) is 6.07 Å². The first-order valence-corrected chi connectivity index (χ1v) is 8.36. The maximum absolute atomic E-state index is 12.6. The van der Waals surface area contributed by atoms with Gasteiger partial charge in [0.1, 0.15) is 21.8 Å². The number of hydrogen-bond donors (Lipinski definition) is 2. The van der Waals surface area contributed by atoms with E-state index in [9.17, 15) is 29.4 Å². The van der Waals surface area contributed by atoms with E-state index in [-0.39, 0.29) is 21.4 Å². The van der Waals surface area contributed by atoms with Crippen molar-refractivity contribution < 1.29 is 24.1 Å². The molecule has 0 fully saturated rings. The molecule has 0 aliphatic heterocycles. The van der Waals surface area contributed by atoms with Crippen molar-refractivity contribution in [2.75, 3.05) is 5.32 Å². The van der Waals surface area contributed by atoms with Crippen LogP contribution < -0.4 is 5.32 Å². The molecule has 0 heterocycles. The smallest absolute Gasteiger partial charge is 0.326 e. The molecule has 9 nitrogen and oxygen atoms in total. The Kier molecular flexibility index (Phi) is 8.55. The van der Waals surface area contributed by atoms with Gasteiger partial charge in [-0.2, -0.15) is 4.39 Å². The van der Waals surface area contributed by atoms with Crippen LogP contribution in [0.3, 0.4) is 0 Å². The van der Waals surface area contributed by atoms with E-state index in [4.69, 9.17) is 28.3 Å². The van der Waals surface area contributed by atoms with E-state index in [2.05, 4.69) is 5.32 Å². The van der Waals surface area contributed by atoms with E-state index >= 15 is 0 Å². The van der Waals surface area contributed by atoms with Crippen LogP contribution in [0.2, 0.25) is 10.0 Å². The molecule has 0 aliphatic carbocycles. The minimum atomic E-state index is -1.07. The Morgan fingerprint density at radius 2 is 1.61 bits per heavy atom. The first-order chi connectivity index (χ1) is 13.1. The van der Waals surface area contributed by atoms with Gasteiger partial charge in [-0.3, -0.25) is 20.2 Å². The zero-order valence-corrected chi connectivity index (χ0v) is 15.8. The van der Waals surface area contributed by atoms with Gasteiger partial charge < -0.3 is 10.4 Å². The van der Waals surface area contributed by atoms with Gasteiger partial charge in [-0.15, -0.1) is 0 Å². The fraction of sp³-hybridized carbons (Fsp3) is 0.188. The summed E-state index contributed by atoms with van der Waals surface area (Å²) in [4.78, 5) is 30.3. The van der Waals surface area contributed by atoms with Crippen LogP contribution in [0.15, 0.2) is 36.4 Å². The topological polar surface area (TPSA) is 136 Å². The average Bonchev–Trinajstić information content (AvgIpc) is 2.59. The summed E-state index contributed by atoms with van der Waals surface area (Å²) >= 11 is 11.0. The van der Waals surface area contributed by atoms with Gasteiger partial charge in [0.05, 0.1) is 9.85 Å². The quantitative estimate of drug-likeness (QED) is 0.487. The largest absolute Gasteiger partial charge is 0.480 e. The molecule has 2 aromatic carbocycles. The number of nitro benzene ring substituents is 2. The van der Waals surface area contributed by atoms with Crippen LogP contribution in [-0.2, 0) is 4.79 Å². The summed E-state index contributed by atoms with van der Waals surface area (Å²) in [5.41, 5.74) is -0.875. The normalized spacial score (nSPS) is 11.0. The zero-order chi connectivity index (χ0) is 21.4. The Morgan fingerprint density at radius 1 is 1.11 bits per heavy atom. The molecule has 12 heteroatoms. The zero-order valence-electron chi connectivity index (χ0n) is 14.3. The van der Waals surface area contributed by atoms with E-state index in [1.165, 1.54) is 30.3 Å². The summed E-state index contributed by atoms with van der Waals surface area (Å²) in [6.45, 7) is 1.67. The lowest BCUT2D eigenvalue weighted by Gasteiger charge is -2.13. The fourth-order valence-corrected chi connectivity index (χ4v) is 2.48. The lowest BCUT2D eigenvalue weighted by molar-refractivity contribution is -0.387. The maximum atomic E-state index is 12.6. The lowest BCUT2D eigenvalue weighted by atomic mass is 10.2. The number of nitrogens with zero attached hydrogens (tertiary/aromatic N) is 2. The molecule has 28 heavy (non-hydrogen) atoms. The molecule has 2 rings (SSSR count). The summed E-state index contributed by atoms with van der Waals surface area (Å²) in [6, 6.07) is 7.01. The standard InChI is InChI=1S/C10H11ClN2O4.C6H3ClFNO2/c1-2-7(10(14)15)12-8-5-3-4-6(11)9(8)13(16)17;7-4-2-1-3-5(8)6(4)9(10)11/h3-5,7,12H,2H2,1H3,(H,14,15);1-3H. The summed E-state index contributed by atoms with van der Waals surface area (Å²) in [5.74, 6) is -1.98. The van der Waals surface area contributed by atoms with Crippen molar-refractivity contribution in [3.63, 3.8) is 0 Å². The highest BCUT2D eigenvalue weighted by Crippen LogP contribution is 2.32. The van der Waals surface area contributed by atoms with Crippen molar-refractivity contribution in [2.45, 2.75) is 19.4 Å². The number of nitrogens with one attached hydrogen (secondary N) is 1. The van der Waals surface area contributed by atoms with Gasteiger partial charge in [-0.05, 0) is 30.7 Å². The number of halogens is 3. The van der Waals surface area contributed by atoms with Crippen molar-refractivity contribution in [2.24, 2.45) is 0 Å². The summed E-state index contributed by atoms with van der Waals surface area (Å²) < 4.78 is 12.6. The second-order valence-electron chi connectivity index (χ2n) is 5.16. The van der Waals surface area contributed by atoms with Crippen LogP contribution >= 0.6 is 23.2 Å². The number of carboxylic acid groups (broad SMARTS) is 1. The number of para-hydroxylation sites is 2. The first kappa shape index (κ1) is 23.1. The lowest BCUT2D eigenvalue weighted by Crippen LogP contribution is -2.28. The van der Waals surface area contributed by atoms with Crippen LogP contribution in [0.5, 0.6) is 0 Å².